The van der Waals surface area contributed by atoms with Gasteiger partial charge in [0, 0.05) is 19.2 Å². The van der Waals surface area contributed by atoms with Gasteiger partial charge in [-0.25, -0.2) is 0 Å². The van der Waals surface area contributed by atoms with Crippen molar-refractivity contribution in [3.8, 4) is 0 Å². The number of benzene rings is 1. The number of nitro benzene ring substituents is 1. The van der Waals surface area contributed by atoms with E-state index in [1.807, 2.05) is 6.07 Å². The molecule has 0 radical (unpaired) electrons. The van der Waals surface area contributed by atoms with Gasteiger partial charge in [-0.2, -0.15) is 0 Å². The lowest BCUT2D eigenvalue weighted by Gasteiger charge is -2.30. The summed E-state index contributed by atoms with van der Waals surface area (Å²) in [5.41, 5.74) is 3.66. The molecule has 0 aromatic heterocycles. The molecule has 0 saturated heterocycles. The predicted octanol–water partition coefficient (Wildman–Crippen LogP) is 2.11. The van der Waals surface area contributed by atoms with Crippen LogP contribution >= 0.6 is 0 Å². The van der Waals surface area contributed by atoms with E-state index < -0.39 is 4.92 Å². The summed E-state index contributed by atoms with van der Waals surface area (Å²) >= 11 is 0. The van der Waals surface area contributed by atoms with Gasteiger partial charge in [0.1, 0.15) is 5.69 Å². The normalized spacial score (nSPS) is 15.3. The van der Waals surface area contributed by atoms with Crippen molar-refractivity contribution in [3.63, 3.8) is 0 Å². The molecule has 0 heterocycles. The average molecular weight is 264 g/mol. The predicted molar refractivity (Wildman–Crippen MR) is 74.6 cm³/mol. The first-order valence-corrected chi connectivity index (χ1v) is 6.52. The second-order valence-electron chi connectivity index (χ2n) is 5.25. The highest BCUT2D eigenvalue weighted by Crippen LogP contribution is 2.28. The van der Waals surface area contributed by atoms with Crippen LogP contribution in [0.3, 0.4) is 0 Å². The Hall–Kier alpha value is -1.66. The molecule has 19 heavy (non-hydrogen) atoms. The Morgan fingerprint density at radius 2 is 2.26 bits per heavy atom. The molecule has 0 atom stereocenters. The fourth-order valence-electron chi connectivity index (χ4n) is 2.44. The van der Waals surface area contributed by atoms with Crippen molar-refractivity contribution in [2.45, 2.75) is 25.8 Å². The smallest absolute Gasteiger partial charge is 0.293 e. The standard InChI is InChI=1S/C13H20N4O2/c1-16(8-10-3-2-4-10)9-11-5-6-12(15-14)13(7-11)17(18)19/h5-7,10,15H,2-4,8-9,14H2,1H3. The minimum absolute atomic E-state index is 0.0250. The van der Waals surface area contributed by atoms with Crippen LogP contribution in [0.2, 0.25) is 0 Å². The van der Waals surface area contributed by atoms with Gasteiger partial charge < -0.3 is 10.3 Å². The van der Waals surface area contributed by atoms with Crippen LogP contribution in [0.25, 0.3) is 0 Å². The van der Waals surface area contributed by atoms with Crippen molar-refractivity contribution >= 4 is 11.4 Å². The van der Waals surface area contributed by atoms with Gasteiger partial charge in [0.25, 0.3) is 5.69 Å². The number of nitrogens with two attached hydrogens (primary N) is 1. The monoisotopic (exact) mass is 264 g/mol. The van der Waals surface area contributed by atoms with Gasteiger partial charge in [0.05, 0.1) is 4.92 Å². The summed E-state index contributed by atoms with van der Waals surface area (Å²) in [5.74, 6) is 6.06. The van der Waals surface area contributed by atoms with Crippen LogP contribution in [-0.2, 0) is 6.54 Å². The summed E-state index contributed by atoms with van der Waals surface area (Å²) in [6, 6.07) is 5.12. The number of nitro groups is 1. The van der Waals surface area contributed by atoms with Gasteiger partial charge in [0.15, 0.2) is 0 Å². The van der Waals surface area contributed by atoms with E-state index in [4.69, 9.17) is 5.84 Å². The zero-order valence-corrected chi connectivity index (χ0v) is 11.1. The molecule has 6 nitrogen and oxygen atoms in total. The fourth-order valence-corrected chi connectivity index (χ4v) is 2.44. The van der Waals surface area contributed by atoms with E-state index in [-0.39, 0.29) is 5.69 Å². The summed E-state index contributed by atoms with van der Waals surface area (Å²) in [5, 5.41) is 10.9. The number of nitrogens with one attached hydrogen (secondary N) is 1. The van der Waals surface area contributed by atoms with Crippen molar-refractivity contribution < 1.29 is 4.92 Å². The van der Waals surface area contributed by atoms with Crippen molar-refractivity contribution in [2.24, 2.45) is 11.8 Å². The number of nitrogen functional groups attached to an aromatic ring is 1. The Balaban J connectivity index is 2.03. The maximum Gasteiger partial charge on any atom is 0.293 e. The number of rotatable bonds is 6. The number of anilines is 1. The third-order valence-corrected chi connectivity index (χ3v) is 3.66. The molecule has 6 heteroatoms. The molecule has 3 N–H and O–H groups in total. The van der Waals surface area contributed by atoms with Crippen molar-refractivity contribution in [1.29, 1.82) is 0 Å². The molecular formula is C13H20N4O2. The topological polar surface area (TPSA) is 84.4 Å². The molecule has 1 fully saturated rings. The first-order chi connectivity index (χ1) is 9.10. The summed E-state index contributed by atoms with van der Waals surface area (Å²) < 4.78 is 0. The number of hydrogen-bond acceptors (Lipinski definition) is 5. The van der Waals surface area contributed by atoms with Crippen LogP contribution in [-0.4, -0.2) is 23.4 Å². The van der Waals surface area contributed by atoms with Crippen molar-refractivity contribution in [1.82, 2.24) is 4.90 Å². The van der Waals surface area contributed by atoms with Crippen LogP contribution in [0.15, 0.2) is 18.2 Å². The van der Waals surface area contributed by atoms with Gasteiger partial charge >= 0.3 is 0 Å². The number of hydrazine groups is 1. The average Bonchev–Trinajstić information content (AvgIpc) is 2.33. The Bertz CT molecular complexity index is 460. The molecule has 1 aliphatic carbocycles. The fraction of sp³-hybridized carbons (Fsp3) is 0.538. The number of nitrogens with zero attached hydrogens (tertiary/aromatic N) is 2. The Kier molecular flexibility index (Phi) is 4.34. The first kappa shape index (κ1) is 13.8. The van der Waals surface area contributed by atoms with Crippen LogP contribution < -0.4 is 11.3 Å². The third-order valence-electron chi connectivity index (χ3n) is 3.66. The van der Waals surface area contributed by atoms with E-state index in [0.29, 0.717) is 5.69 Å². The van der Waals surface area contributed by atoms with Gasteiger partial charge in [-0.1, -0.05) is 12.5 Å². The SMILES string of the molecule is CN(Cc1ccc(NN)c([N+](=O)[O-])c1)CC1CCC1. The summed E-state index contributed by atoms with van der Waals surface area (Å²) in [7, 11) is 2.05. The maximum absolute atomic E-state index is 10.9. The zero-order chi connectivity index (χ0) is 13.8. The summed E-state index contributed by atoms with van der Waals surface area (Å²) in [4.78, 5) is 12.8. The minimum Gasteiger partial charge on any atom is -0.318 e. The Labute approximate surface area is 112 Å². The lowest BCUT2D eigenvalue weighted by atomic mass is 9.85. The van der Waals surface area contributed by atoms with E-state index in [1.165, 1.54) is 19.3 Å². The lowest BCUT2D eigenvalue weighted by Crippen LogP contribution is -2.29. The quantitative estimate of drug-likeness (QED) is 0.467. The van der Waals surface area contributed by atoms with E-state index >= 15 is 0 Å². The largest absolute Gasteiger partial charge is 0.318 e. The van der Waals surface area contributed by atoms with Crippen LogP contribution in [0.1, 0.15) is 24.8 Å². The third kappa shape index (κ3) is 3.42. The number of hydrogen-bond donors (Lipinski definition) is 2. The first-order valence-electron chi connectivity index (χ1n) is 6.52. The molecular weight excluding hydrogens is 244 g/mol. The molecule has 1 aliphatic rings. The molecule has 0 amide bonds. The van der Waals surface area contributed by atoms with E-state index in [0.717, 1.165) is 24.6 Å². The lowest BCUT2D eigenvalue weighted by molar-refractivity contribution is -0.384. The molecule has 2 rings (SSSR count). The maximum atomic E-state index is 10.9. The van der Waals surface area contributed by atoms with Gasteiger partial charge in [-0.15, -0.1) is 0 Å². The molecule has 0 bridgehead atoms. The van der Waals surface area contributed by atoms with Crippen LogP contribution in [0, 0.1) is 16.0 Å². The summed E-state index contributed by atoms with van der Waals surface area (Å²) in [6.07, 6.45) is 3.95. The van der Waals surface area contributed by atoms with Crippen molar-refractivity contribution in [3.05, 3.63) is 33.9 Å². The van der Waals surface area contributed by atoms with Gasteiger partial charge in [-0.05, 0) is 37.4 Å². The molecule has 104 valence electrons. The zero-order valence-electron chi connectivity index (χ0n) is 11.1. The van der Waals surface area contributed by atoms with Gasteiger partial charge in [0.2, 0.25) is 0 Å². The van der Waals surface area contributed by atoms with Crippen LogP contribution in [0.5, 0.6) is 0 Å². The minimum atomic E-state index is -0.412. The van der Waals surface area contributed by atoms with E-state index in [9.17, 15) is 10.1 Å². The van der Waals surface area contributed by atoms with E-state index in [2.05, 4.69) is 17.4 Å². The van der Waals surface area contributed by atoms with E-state index in [1.54, 1.807) is 12.1 Å². The van der Waals surface area contributed by atoms with Crippen molar-refractivity contribution in [2.75, 3.05) is 19.0 Å². The Morgan fingerprint density at radius 3 is 2.79 bits per heavy atom. The highest BCUT2D eigenvalue weighted by molar-refractivity contribution is 5.61. The van der Waals surface area contributed by atoms with Crippen LogP contribution in [0.4, 0.5) is 11.4 Å². The molecule has 1 saturated carbocycles. The summed E-state index contributed by atoms with van der Waals surface area (Å²) in [6.45, 7) is 1.78. The molecule has 0 unspecified atom stereocenters. The Morgan fingerprint density at radius 1 is 1.53 bits per heavy atom. The second-order valence-corrected chi connectivity index (χ2v) is 5.25. The highest BCUT2D eigenvalue weighted by atomic mass is 16.6. The molecule has 1 aromatic rings. The molecule has 0 aliphatic heterocycles. The molecule has 0 spiro atoms. The molecule has 1 aromatic carbocycles. The second kappa shape index (κ2) is 5.99. The highest BCUT2D eigenvalue weighted by Gasteiger charge is 2.20. The van der Waals surface area contributed by atoms with Gasteiger partial charge in [-0.3, -0.25) is 16.0 Å².